The highest BCUT2D eigenvalue weighted by atomic mass is 16.1. The van der Waals surface area contributed by atoms with Gasteiger partial charge in [0.2, 0.25) is 5.91 Å². The van der Waals surface area contributed by atoms with Gasteiger partial charge in [-0.1, -0.05) is 13.3 Å². The van der Waals surface area contributed by atoms with Crippen LogP contribution in [-0.4, -0.2) is 26.7 Å². The van der Waals surface area contributed by atoms with E-state index in [9.17, 15) is 4.79 Å². The van der Waals surface area contributed by atoms with E-state index in [1.54, 1.807) is 6.33 Å². The molecule has 0 aliphatic heterocycles. The monoisotopic (exact) mass is 287 g/mol. The molecule has 6 nitrogen and oxygen atoms in total. The molecule has 0 fully saturated rings. The third-order valence-electron chi connectivity index (χ3n) is 3.25. The van der Waals surface area contributed by atoms with Crippen LogP contribution in [0.1, 0.15) is 26.2 Å². The van der Waals surface area contributed by atoms with Crippen molar-refractivity contribution in [3.8, 4) is 11.4 Å². The Balaban J connectivity index is 1.97. The maximum atomic E-state index is 11.8. The Bertz CT molecular complexity index is 590. The van der Waals surface area contributed by atoms with Gasteiger partial charge in [0.25, 0.3) is 0 Å². The minimum Gasteiger partial charge on any atom is -0.327 e. The quantitative estimate of drug-likeness (QED) is 0.850. The lowest BCUT2D eigenvalue weighted by atomic mass is 10.1. The van der Waals surface area contributed by atoms with Crippen molar-refractivity contribution in [2.75, 3.05) is 5.32 Å². The zero-order valence-electron chi connectivity index (χ0n) is 12.4. The molecule has 112 valence electrons. The zero-order valence-corrected chi connectivity index (χ0v) is 12.4. The smallest absolute Gasteiger partial charge is 0.225 e. The topological polar surface area (TPSA) is 85.8 Å². The minimum absolute atomic E-state index is 0.0534. The minimum atomic E-state index is -0.0760. The second-order valence-corrected chi connectivity index (χ2v) is 5.14. The molecule has 6 heteroatoms. The fourth-order valence-corrected chi connectivity index (χ4v) is 2.17. The summed E-state index contributed by atoms with van der Waals surface area (Å²) in [6.45, 7) is 2.06. The Morgan fingerprint density at radius 3 is 2.67 bits per heavy atom. The van der Waals surface area contributed by atoms with Crippen molar-refractivity contribution in [2.24, 2.45) is 12.8 Å². The predicted molar refractivity (Wildman–Crippen MR) is 82.6 cm³/mol. The predicted octanol–water partition coefficient (Wildman–Crippen LogP) is 1.94. The van der Waals surface area contributed by atoms with E-state index in [1.165, 1.54) is 0 Å². The molecule has 0 radical (unpaired) electrons. The van der Waals surface area contributed by atoms with Crippen LogP contribution in [0.5, 0.6) is 0 Å². The molecule has 2 rings (SSSR count). The van der Waals surface area contributed by atoms with Gasteiger partial charge in [-0.05, 0) is 30.7 Å². The standard InChI is InChI=1S/C15H21N5O/c1-3-4-12(16)9-14(21)18-13-7-5-11(6-8-13)15-19-17-10-20(15)2/h5-8,10,12H,3-4,9,16H2,1-2H3,(H,18,21). The summed E-state index contributed by atoms with van der Waals surface area (Å²) < 4.78 is 1.84. The van der Waals surface area contributed by atoms with E-state index in [4.69, 9.17) is 5.73 Å². The highest BCUT2D eigenvalue weighted by Crippen LogP contribution is 2.18. The molecular formula is C15H21N5O. The summed E-state index contributed by atoms with van der Waals surface area (Å²) in [4.78, 5) is 11.8. The van der Waals surface area contributed by atoms with Crippen LogP contribution in [0.25, 0.3) is 11.4 Å². The van der Waals surface area contributed by atoms with E-state index in [-0.39, 0.29) is 11.9 Å². The Morgan fingerprint density at radius 1 is 1.38 bits per heavy atom. The van der Waals surface area contributed by atoms with Crippen LogP contribution in [0.4, 0.5) is 5.69 Å². The number of nitrogens with one attached hydrogen (secondary N) is 1. The van der Waals surface area contributed by atoms with Crippen molar-refractivity contribution >= 4 is 11.6 Å². The number of amides is 1. The van der Waals surface area contributed by atoms with Gasteiger partial charge in [0.15, 0.2) is 5.82 Å². The molecule has 1 aromatic carbocycles. The first-order valence-electron chi connectivity index (χ1n) is 7.10. The highest BCUT2D eigenvalue weighted by molar-refractivity contribution is 5.91. The van der Waals surface area contributed by atoms with Crippen LogP contribution in [0.3, 0.4) is 0 Å². The summed E-state index contributed by atoms with van der Waals surface area (Å²) in [5.74, 6) is 0.736. The van der Waals surface area contributed by atoms with Gasteiger partial charge >= 0.3 is 0 Å². The Kier molecular flexibility index (Phi) is 5.05. The summed E-state index contributed by atoms with van der Waals surface area (Å²) in [7, 11) is 1.89. The number of anilines is 1. The summed E-state index contributed by atoms with van der Waals surface area (Å²) in [6.07, 6.45) is 3.85. The number of carbonyl (C=O) groups excluding carboxylic acids is 1. The van der Waals surface area contributed by atoms with Crippen LogP contribution in [0.2, 0.25) is 0 Å². The molecule has 1 atom stereocenters. The van der Waals surface area contributed by atoms with Crippen molar-refractivity contribution < 1.29 is 4.79 Å². The van der Waals surface area contributed by atoms with Crippen molar-refractivity contribution in [2.45, 2.75) is 32.2 Å². The molecule has 2 aromatic rings. The van der Waals surface area contributed by atoms with Gasteiger partial charge in [0, 0.05) is 30.8 Å². The first-order chi connectivity index (χ1) is 10.1. The van der Waals surface area contributed by atoms with E-state index in [0.29, 0.717) is 6.42 Å². The van der Waals surface area contributed by atoms with Crippen LogP contribution >= 0.6 is 0 Å². The molecular weight excluding hydrogens is 266 g/mol. The fraction of sp³-hybridized carbons (Fsp3) is 0.400. The Morgan fingerprint density at radius 2 is 2.10 bits per heavy atom. The maximum absolute atomic E-state index is 11.8. The van der Waals surface area contributed by atoms with Gasteiger partial charge < -0.3 is 15.6 Å². The number of nitrogens with zero attached hydrogens (tertiary/aromatic N) is 3. The number of benzene rings is 1. The van der Waals surface area contributed by atoms with Gasteiger partial charge in [0.05, 0.1) is 0 Å². The number of hydrogen-bond donors (Lipinski definition) is 2. The third-order valence-corrected chi connectivity index (χ3v) is 3.25. The second kappa shape index (κ2) is 6.99. The van der Waals surface area contributed by atoms with E-state index in [2.05, 4.69) is 22.4 Å². The lowest BCUT2D eigenvalue weighted by Crippen LogP contribution is -2.26. The van der Waals surface area contributed by atoms with Crippen molar-refractivity contribution in [1.29, 1.82) is 0 Å². The van der Waals surface area contributed by atoms with Crippen molar-refractivity contribution in [3.63, 3.8) is 0 Å². The van der Waals surface area contributed by atoms with Gasteiger partial charge in [-0.3, -0.25) is 4.79 Å². The van der Waals surface area contributed by atoms with Crippen LogP contribution < -0.4 is 11.1 Å². The first-order valence-corrected chi connectivity index (χ1v) is 7.10. The van der Waals surface area contributed by atoms with E-state index < -0.39 is 0 Å². The first kappa shape index (κ1) is 15.2. The molecule has 21 heavy (non-hydrogen) atoms. The average Bonchev–Trinajstić information content (AvgIpc) is 2.86. The molecule has 1 aromatic heterocycles. The van der Waals surface area contributed by atoms with Gasteiger partial charge in [-0.2, -0.15) is 0 Å². The van der Waals surface area contributed by atoms with E-state index in [1.807, 2.05) is 35.9 Å². The number of nitrogens with two attached hydrogens (primary N) is 1. The number of rotatable bonds is 6. The van der Waals surface area contributed by atoms with Crippen molar-refractivity contribution in [3.05, 3.63) is 30.6 Å². The summed E-state index contributed by atoms with van der Waals surface area (Å²) in [5, 5.41) is 10.8. The normalized spacial score (nSPS) is 12.1. The number of aromatic nitrogens is 3. The summed E-state index contributed by atoms with van der Waals surface area (Å²) >= 11 is 0. The van der Waals surface area contributed by atoms with E-state index in [0.717, 1.165) is 29.9 Å². The molecule has 0 aliphatic rings. The molecule has 1 unspecified atom stereocenters. The van der Waals surface area contributed by atoms with Crippen LogP contribution in [-0.2, 0) is 11.8 Å². The van der Waals surface area contributed by atoms with Crippen LogP contribution in [0.15, 0.2) is 30.6 Å². The lowest BCUT2D eigenvalue weighted by Gasteiger charge is -2.11. The fourth-order valence-electron chi connectivity index (χ4n) is 2.17. The van der Waals surface area contributed by atoms with Gasteiger partial charge in [0.1, 0.15) is 6.33 Å². The number of hydrogen-bond acceptors (Lipinski definition) is 4. The third kappa shape index (κ3) is 4.13. The van der Waals surface area contributed by atoms with E-state index >= 15 is 0 Å². The summed E-state index contributed by atoms with van der Waals surface area (Å²) in [5.41, 5.74) is 7.58. The zero-order chi connectivity index (χ0) is 15.2. The second-order valence-electron chi connectivity index (χ2n) is 5.14. The molecule has 0 saturated heterocycles. The molecule has 0 spiro atoms. The highest BCUT2D eigenvalue weighted by Gasteiger charge is 2.09. The largest absolute Gasteiger partial charge is 0.327 e. The molecule has 1 amide bonds. The van der Waals surface area contributed by atoms with Gasteiger partial charge in [-0.15, -0.1) is 10.2 Å². The number of aryl methyl sites for hydroxylation is 1. The number of carbonyl (C=O) groups is 1. The van der Waals surface area contributed by atoms with Gasteiger partial charge in [-0.25, -0.2) is 0 Å². The van der Waals surface area contributed by atoms with Crippen LogP contribution in [0, 0.1) is 0 Å². The Labute approximate surface area is 124 Å². The average molecular weight is 287 g/mol. The van der Waals surface area contributed by atoms with Crippen molar-refractivity contribution in [1.82, 2.24) is 14.8 Å². The summed E-state index contributed by atoms with van der Waals surface area (Å²) in [6, 6.07) is 7.45. The molecule has 3 N–H and O–H groups in total. The Hall–Kier alpha value is -2.21. The molecule has 0 bridgehead atoms. The molecule has 0 saturated carbocycles. The maximum Gasteiger partial charge on any atom is 0.225 e. The SMILES string of the molecule is CCCC(N)CC(=O)Nc1ccc(-c2nncn2C)cc1. The molecule has 1 heterocycles. The molecule has 0 aliphatic carbocycles. The lowest BCUT2D eigenvalue weighted by molar-refractivity contribution is -0.116.